The molecule has 2 N–H and O–H groups in total. The Hall–Kier alpha value is -1.10. The lowest BCUT2D eigenvalue weighted by atomic mass is 10.2. The number of hydrogen-bond donors (Lipinski definition) is 2. The number of carboxylic acids is 1. The number of hydroxylamine groups is 1. The van der Waals surface area contributed by atoms with Gasteiger partial charge in [0, 0.05) is 0 Å². The van der Waals surface area contributed by atoms with E-state index in [0.29, 0.717) is 6.42 Å². The van der Waals surface area contributed by atoms with E-state index < -0.39 is 23.4 Å². The molecule has 1 aliphatic carbocycles. The maximum atomic E-state index is 11.3. The molecule has 0 aromatic heterocycles. The minimum atomic E-state index is -0.916. The number of nitrogens with one attached hydrogen (secondary N) is 1. The van der Waals surface area contributed by atoms with Crippen molar-refractivity contribution < 1.29 is 19.5 Å². The van der Waals surface area contributed by atoms with Crippen molar-refractivity contribution in [1.82, 2.24) is 5.48 Å². The predicted molar refractivity (Wildman–Crippen MR) is 48.2 cm³/mol. The molecule has 0 heterocycles. The zero-order valence-corrected chi connectivity index (χ0v) is 8.53. The van der Waals surface area contributed by atoms with E-state index in [4.69, 9.17) is 9.94 Å². The Bertz CT molecular complexity index is 256. The fourth-order valence-electron chi connectivity index (χ4n) is 1.04. The van der Waals surface area contributed by atoms with E-state index in [2.05, 4.69) is 5.48 Å². The van der Waals surface area contributed by atoms with Crippen LogP contribution in [0, 0.1) is 11.8 Å². The maximum absolute atomic E-state index is 11.3. The van der Waals surface area contributed by atoms with E-state index in [-0.39, 0.29) is 5.91 Å². The monoisotopic (exact) mass is 201 g/mol. The number of hydrogen-bond acceptors (Lipinski definition) is 3. The quantitative estimate of drug-likeness (QED) is 0.654. The van der Waals surface area contributed by atoms with Gasteiger partial charge in [-0.25, -0.2) is 5.48 Å². The molecule has 1 rings (SSSR count). The van der Waals surface area contributed by atoms with Crippen LogP contribution >= 0.6 is 0 Å². The Kier molecular flexibility index (Phi) is 2.80. The molecule has 80 valence electrons. The Morgan fingerprint density at radius 2 is 1.93 bits per heavy atom. The van der Waals surface area contributed by atoms with Gasteiger partial charge in [0.1, 0.15) is 0 Å². The second kappa shape index (κ2) is 3.57. The summed E-state index contributed by atoms with van der Waals surface area (Å²) in [6.07, 6.45) is 0.411. The maximum Gasteiger partial charge on any atom is 0.307 e. The van der Waals surface area contributed by atoms with Crippen molar-refractivity contribution >= 4 is 11.9 Å². The summed E-state index contributed by atoms with van der Waals surface area (Å²) < 4.78 is 0. The molecule has 0 saturated heterocycles. The summed E-state index contributed by atoms with van der Waals surface area (Å²) in [5.41, 5.74) is 1.81. The van der Waals surface area contributed by atoms with E-state index in [0.717, 1.165) is 0 Å². The molecule has 0 bridgehead atoms. The molecule has 0 aliphatic heterocycles. The highest BCUT2D eigenvalue weighted by atomic mass is 16.7. The van der Waals surface area contributed by atoms with Crippen molar-refractivity contribution in [2.45, 2.75) is 32.8 Å². The summed E-state index contributed by atoms with van der Waals surface area (Å²) >= 11 is 0. The zero-order valence-electron chi connectivity index (χ0n) is 8.53. The first kappa shape index (κ1) is 11.0. The normalized spacial score (nSPS) is 25.6. The van der Waals surface area contributed by atoms with Crippen LogP contribution < -0.4 is 5.48 Å². The predicted octanol–water partition coefficient (Wildman–Crippen LogP) is 0.553. The molecule has 1 amide bonds. The van der Waals surface area contributed by atoms with Gasteiger partial charge >= 0.3 is 5.97 Å². The topological polar surface area (TPSA) is 75.6 Å². The summed E-state index contributed by atoms with van der Waals surface area (Å²) in [4.78, 5) is 26.8. The lowest BCUT2D eigenvalue weighted by molar-refractivity contribution is -0.149. The number of carbonyl (C=O) groups is 2. The van der Waals surface area contributed by atoms with Gasteiger partial charge in [0.05, 0.1) is 17.4 Å². The Labute approximate surface area is 82.4 Å². The minimum Gasteiger partial charge on any atom is -0.481 e. The highest BCUT2D eigenvalue weighted by molar-refractivity contribution is 5.88. The van der Waals surface area contributed by atoms with Gasteiger partial charge in [-0.3, -0.25) is 14.4 Å². The van der Waals surface area contributed by atoms with Crippen molar-refractivity contribution in [3.63, 3.8) is 0 Å². The second-order valence-electron chi connectivity index (χ2n) is 4.47. The summed E-state index contributed by atoms with van der Waals surface area (Å²) in [7, 11) is 0. The van der Waals surface area contributed by atoms with Crippen molar-refractivity contribution in [2.75, 3.05) is 0 Å². The molecule has 0 aromatic rings. The third kappa shape index (κ3) is 2.99. The average Bonchev–Trinajstić information content (AvgIpc) is 2.77. The fraction of sp³-hybridized carbons (Fsp3) is 0.778. The van der Waals surface area contributed by atoms with E-state index in [1.807, 2.05) is 0 Å². The molecule has 5 heteroatoms. The third-order valence-corrected chi connectivity index (χ3v) is 1.90. The lowest BCUT2D eigenvalue weighted by Crippen LogP contribution is -2.35. The minimum absolute atomic E-state index is 0.340. The smallest absolute Gasteiger partial charge is 0.307 e. The van der Waals surface area contributed by atoms with Gasteiger partial charge < -0.3 is 5.11 Å². The molecular weight excluding hydrogens is 186 g/mol. The molecule has 14 heavy (non-hydrogen) atoms. The van der Waals surface area contributed by atoms with Crippen molar-refractivity contribution in [3.05, 3.63) is 0 Å². The molecule has 0 aromatic carbocycles. The number of carboxylic acid groups (broad SMARTS) is 1. The SMILES string of the molecule is CC(C)(C)ONC(=O)[C@@H]1C[C@@H]1C(=O)O. The molecular formula is C9H15NO4. The van der Waals surface area contributed by atoms with Crippen molar-refractivity contribution in [1.29, 1.82) is 0 Å². The van der Waals surface area contributed by atoms with Gasteiger partial charge in [-0.1, -0.05) is 0 Å². The molecule has 5 nitrogen and oxygen atoms in total. The van der Waals surface area contributed by atoms with E-state index in [9.17, 15) is 9.59 Å². The van der Waals surface area contributed by atoms with Crippen LogP contribution in [0.4, 0.5) is 0 Å². The number of rotatable bonds is 3. The molecule has 1 saturated carbocycles. The van der Waals surface area contributed by atoms with Crippen LogP contribution in [0.25, 0.3) is 0 Å². The first-order valence-electron chi connectivity index (χ1n) is 4.52. The lowest BCUT2D eigenvalue weighted by Gasteiger charge is -2.18. The summed E-state index contributed by atoms with van der Waals surface area (Å²) in [5.74, 6) is -2.21. The van der Waals surface area contributed by atoms with Crippen LogP contribution in [-0.4, -0.2) is 22.6 Å². The van der Waals surface area contributed by atoms with Crippen LogP contribution in [0.1, 0.15) is 27.2 Å². The Morgan fingerprint density at radius 3 is 2.29 bits per heavy atom. The van der Waals surface area contributed by atoms with Gasteiger partial charge in [0.15, 0.2) is 0 Å². The van der Waals surface area contributed by atoms with Crippen LogP contribution in [0.2, 0.25) is 0 Å². The fourth-order valence-corrected chi connectivity index (χ4v) is 1.04. The van der Waals surface area contributed by atoms with Crippen LogP contribution in [-0.2, 0) is 14.4 Å². The van der Waals surface area contributed by atoms with Gasteiger partial charge in [0.2, 0.25) is 5.91 Å². The van der Waals surface area contributed by atoms with E-state index in [1.165, 1.54) is 0 Å². The number of aliphatic carboxylic acids is 1. The average molecular weight is 201 g/mol. The van der Waals surface area contributed by atoms with Crippen LogP contribution in [0.3, 0.4) is 0 Å². The first-order chi connectivity index (χ1) is 6.31. The Balaban J connectivity index is 2.29. The summed E-state index contributed by atoms with van der Waals surface area (Å²) in [6, 6.07) is 0. The van der Waals surface area contributed by atoms with Crippen LogP contribution in [0.5, 0.6) is 0 Å². The highest BCUT2D eigenvalue weighted by Gasteiger charge is 2.48. The standard InChI is InChI=1S/C9H15NO4/c1-9(2,3)14-10-7(11)5-4-6(5)8(12)13/h5-6H,4H2,1-3H3,(H,10,11)(H,12,13)/t5-,6+/m1/s1. The van der Waals surface area contributed by atoms with E-state index in [1.54, 1.807) is 20.8 Å². The summed E-state index contributed by atoms with van der Waals surface area (Å²) in [6.45, 7) is 5.40. The van der Waals surface area contributed by atoms with Crippen molar-refractivity contribution in [3.8, 4) is 0 Å². The zero-order chi connectivity index (χ0) is 10.9. The molecule has 0 unspecified atom stereocenters. The number of amides is 1. The van der Waals surface area contributed by atoms with Gasteiger partial charge in [0.25, 0.3) is 0 Å². The summed E-state index contributed by atoms with van der Waals surface area (Å²) in [5, 5.41) is 8.58. The largest absolute Gasteiger partial charge is 0.481 e. The van der Waals surface area contributed by atoms with Crippen LogP contribution in [0.15, 0.2) is 0 Å². The van der Waals surface area contributed by atoms with Gasteiger partial charge in [-0.2, -0.15) is 0 Å². The highest BCUT2D eigenvalue weighted by Crippen LogP contribution is 2.38. The molecule has 2 atom stereocenters. The molecule has 1 aliphatic rings. The molecule has 0 spiro atoms. The Morgan fingerprint density at radius 1 is 1.36 bits per heavy atom. The van der Waals surface area contributed by atoms with Gasteiger partial charge in [-0.05, 0) is 27.2 Å². The van der Waals surface area contributed by atoms with Gasteiger partial charge in [-0.15, -0.1) is 0 Å². The second-order valence-corrected chi connectivity index (χ2v) is 4.47. The third-order valence-electron chi connectivity index (χ3n) is 1.90. The number of carbonyl (C=O) groups excluding carboxylic acids is 1. The molecule has 1 fully saturated rings. The first-order valence-corrected chi connectivity index (χ1v) is 4.52. The van der Waals surface area contributed by atoms with E-state index >= 15 is 0 Å². The molecule has 0 radical (unpaired) electrons. The van der Waals surface area contributed by atoms with Crippen molar-refractivity contribution in [2.24, 2.45) is 11.8 Å².